The second kappa shape index (κ2) is 8.09. The summed E-state index contributed by atoms with van der Waals surface area (Å²) in [6, 6.07) is 9.85. The normalized spacial score (nSPS) is 19.2. The fourth-order valence-electron chi connectivity index (χ4n) is 4.10. The number of nitrogens with zero attached hydrogens (tertiary/aromatic N) is 4. The molecule has 1 unspecified atom stereocenters. The van der Waals surface area contributed by atoms with Gasteiger partial charge in [-0.05, 0) is 18.4 Å². The number of carbonyl (C=O) groups is 2. The third-order valence-electron chi connectivity index (χ3n) is 5.74. The molecule has 2 aromatic rings. The highest BCUT2D eigenvalue weighted by Gasteiger charge is 2.27. The van der Waals surface area contributed by atoms with Gasteiger partial charge in [-0.3, -0.25) is 9.59 Å². The van der Waals surface area contributed by atoms with Gasteiger partial charge in [-0.1, -0.05) is 30.3 Å². The molecule has 0 radical (unpaired) electrons. The highest BCUT2D eigenvalue weighted by atomic mass is 16.2. The van der Waals surface area contributed by atoms with Crippen LogP contribution in [0.4, 0.5) is 0 Å². The molecule has 0 bridgehead atoms. The number of piperidine rings is 1. The van der Waals surface area contributed by atoms with E-state index in [2.05, 4.69) is 4.98 Å². The maximum atomic E-state index is 12.6. The smallest absolute Gasteiger partial charge is 0.227 e. The fraction of sp³-hybridized carbons (Fsp3) is 0.455. The summed E-state index contributed by atoms with van der Waals surface area (Å²) in [6.07, 6.45) is 5.08. The molecule has 6 nitrogen and oxygen atoms in total. The van der Waals surface area contributed by atoms with Crippen LogP contribution in [-0.4, -0.2) is 51.2 Å². The van der Waals surface area contributed by atoms with Crippen LogP contribution in [0.25, 0.3) is 0 Å². The molecule has 1 saturated heterocycles. The monoisotopic (exact) mass is 378 g/mol. The maximum Gasteiger partial charge on any atom is 0.227 e. The van der Waals surface area contributed by atoms with E-state index in [-0.39, 0.29) is 17.7 Å². The number of aromatic nitrogens is 2. The van der Waals surface area contributed by atoms with Crippen molar-refractivity contribution in [3.05, 3.63) is 59.2 Å². The molecular formula is C22H26N4O2. The van der Waals surface area contributed by atoms with Crippen molar-refractivity contribution < 1.29 is 9.59 Å². The maximum absolute atomic E-state index is 12.6. The number of hydrogen-bond acceptors (Lipinski definition) is 4. The molecule has 1 aromatic carbocycles. The van der Waals surface area contributed by atoms with Crippen molar-refractivity contribution in [2.24, 2.45) is 0 Å². The molecule has 0 N–H and O–H groups in total. The van der Waals surface area contributed by atoms with Crippen LogP contribution < -0.4 is 0 Å². The van der Waals surface area contributed by atoms with Crippen molar-refractivity contribution in [1.29, 1.82) is 0 Å². The van der Waals surface area contributed by atoms with E-state index in [0.29, 0.717) is 26.1 Å². The van der Waals surface area contributed by atoms with Crippen molar-refractivity contribution in [3.8, 4) is 0 Å². The third kappa shape index (κ3) is 4.06. The van der Waals surface area contributed by atoms with Crippen LogP contribution in [0.15, 0.2) is 36.5 Å². The quantitative estimate of drug-likeness (QED) is 0.822. The number of carbonyl (C=O) groups excluding carboxylic acids is 2. The number of benzene rings is 1. The van der Waals surface area contributed by atoms with Crippen molar-refractivity contribution in [3.63, 3.8) is 0 Å². The minimum absolute atomic E-state index is 0.121. The first kappa shape index (κ1) is 18.6. The van der Waals surface area contributed by atoms with Crippen molar-refractivity contribution in [2.75, 3.05) is 19.6 Å². The van der Waals surface area contributed by atoms with E-state index < -0.39 is 0 Å². The van der Waals surface area contributed by atoms with E-state index >= 15 is 0 Å². The summed E-state index contributed by atoms with van der Waals surface area (Å²) in [5.74, 6) is 1.31. The number of hydrogen-bond donors (Lipinski definition) is 0. The highest BCUT2D eigenvalue weighted by molar-refractivity contribution is 5.79. The zero-order valence-electron chi connectivity index (χ0n) is 16.3. The molecule has 0 aliphatic carbocycles. The summed E-state index contributed by atoms with van der Waals surface area (Å²) in [4.78, 5) is 37.5. The first-order valence-corrected chi connectivity index (χ1v) is 10.0. The van der Waals surface area contributed by atoms with E-state index in [1.807, 2.05) is 46.3 Å². The minimum atomic E-state index is 0.121. The van der Waals surface area contributed by atoms with Gasteiger partial charge in [-0.25, -0.2) is 9.97 Å². The van der Waals surface area contributed by atoms with Gasteiger partial charge in [0.05, 0.1) is 12.1 Å². The zero-order chi connectivity index (χ0) is 19.5. The van der Waals surface area contributed by atoms with Gasteiger partial charge in [-0.2, -0.15) is 0 Å². The van der Waals surface area contributed by atoms with Gasteiger partial charge < -0.3 is 9.80 Å². The van der Waals surface area contributed by atoms with E-state index in [0.717, 1.165) is 48.5 Å². The Morgan fingerprint density at radius 3 is 2.75 bits per heavy atom. The lowest BCUT2D eigenvalue weighted by Crippen LogP contribution is -2.39. The summed E-state index contributed by atoms with van der Waals surface area (Å²) in [7, 11) is 0. The van der Waals surface area contributed by atoms with Crippen LogP contribution >= 0.6 is 0 Å². The standard InChI is InChI=1S/C22H26N4O2/c1-16(27)25-10-5-8-18(14-25)22-23-13-19-15-26(11-9-20(19)24-22)21(28)12-17-6-3-2-4-7-17/h2-4,6-7,13,18H,5,8-12,14-15H2,1H3. The van der Waals surface area contributed by atoms with Crippen LogP contribution in [0.1, 0.15) is 48.3 Å². The molecule has 2 aliphatic heterocycles. The Morgan fingerprint density at radius 2 is 1.96 bits per heavy atom. The van der Waals surface area contributed by atoms with E-state index in [1.165, 1.54) is 0 Å². The molecule has 1 aromatic heterocycles. The van der Waals surface area contributed by atoms with Crippen LogP contribution in [0.2, 0.25) is 0 Å². The van der Waals surface area contributed by atoms with Gasteiger partial charge in [0, 0.05) is 57.2 Å². The Labute approximate surface area is 165 Å². The Kier molecular flexibility index (Phi) is 5.37. The van der Waals surface area contributed by atoms with E-state index in [4.69, 9.17) is 4.98 Å². The SMILES string of the molecule is CC(=O)N1CCCC(c2ncc3c(n2)CCN(C(=O)Cc2ccccc2)C3)C1. The lowest BCUT2D eigenvalue weighted by molar-refractivity contribution is -0.131. The second-order valence-electron chi connectivity index (χ2n) is 7.73. The number of amides is 2. The number of fused-ring (bicyclic) bond motifs is 1. The van der Waals surface area contributed by atoms with Gasteiger partial charge in [0.15, 0.2) is 0 Å². The Morgan fingerprint density at radius 1 is 1.14 bits per heavy atom. The predicted octanol–water partition coefficient (Wildman–Crippen LogP) is 2.33. The Hall–Kier alpha value is -2.76. The first-order valence-electron chi connectivity index (χ1n) is 10.0. The van der Waals surface area contributed by atoms with Crippen LogP contribution in [0.3, 0.4) is 0 Å². The third-order valence-corrected chi connectivity index (χ3v) is 5.74. The molecule has 3 heterocycles. The summed E-state index contributed by atoms with van der Waals surface area (Å²) in [5, 5.41) is 0. The van der Waals surface area contributed by atoms with E-state index in [1.54, 1.807) is 6.92 Å². The number of rotatable bonds is 3. The van der Waals surface area contributed by atoms with Crippen LogP contribution in [-0.2, 0) is 29.0 Å². The molecule has 2 amide bonds. The fourth-order valence-corrected chi connectivity index (χ4v) is 4.10. The summed E-state index contributed by atoms with van der Waals surface area (Å²) < 4.78 is 0. The molecule has 6 heteroatoms. The van der Waals surface area contributed by atoms with Crippen molar-refractivity contribution >= 4 is 11.8 Å². The van der Waals surface area contributed by atoms with Gasteiger partial charge in [0.25, 0.3) is 0 Å². The van der Waals surface area contributed by atoms with Gasteiger partial charge in [0.2, 0.25) is 11.8 Å². The lowest BCUT2D eigenvalue weighted by atomic mass is 9.96. The summed E-state index contributed by atoms with van der Waals surface area (Å²) in [5.41, 5.74) is 3.13. The topological polar surface area (TPSA) is 66.4 Å². The van der Waals surface area contributed by atoms with E-state index in [9.17, 15) is 9.59 Å². The Bertz CT molecular complexity index is 868. The van der Waals surface area contributed by atoms with Crippen molar-refractivity contribution in [1.82, 2.24) is 19.8 Å². The van der Waals surface area contributed by atoms with Crippen LogP contribution in [0.5, 0.6) is 0 Å². The molecular weight excluding hydrogens is 352 g/mol. The average Bonchev–Trinajstić information content (AvgIpc) is 2.73. The molecule has 2 aliphatic rings. The molecule has 1 fully saturated rings. The lowest BCUT2D eigenvalue weighted by Gasteiger charge is -2.32. The predicted molar refractivity (Wildman–Crippen MR) is 106 cm³/mol. The molecule has 146 valence electrons. The minimum Gasteiger partial charge on any atom is -0.342 e. The van der Waals surface area contributed by atoms with Gasteiger partial charge >= 0.3 is 0 Å². The summed E-state index contributed by atoms with van der Waals surface area (Å²) in [6.45, 7) is 4.42. The van der Waals surface area contributed by atoms with Crippen LogP contribution in [0, 0.1) is 0 Å². The molecule has 0 saturated carbocycles. The van der Waals surface area contributed by atoms with Gasteiger partial charge in [0.1, 0.15) is 5.82 Å². The average molecular weight is 378 g/mol. The molecule has 1 atom stereocenters. The zero-order valence-corrected chi connectivity index (χ0v) is 16.3. The molecule has 0 spiro atoms. The van der Waals surface area contributed by atoms with Gasteiger partial charge in [-0.15, -0.1) is 0 Å². The number of likely N-dealkylation sites (tertiary alicyclic amines) is 1. The highest BCUT2D eigenvalue weighted by Crippen LogP contribution is 2.26. The molecule has 4 rings (SSSR count). The Balaban J connectivity index is 1.43. The summed E-state index contributed by atoms with van der Waals surface area (Å²) >= 11 is 0. The molecule has 28 heavy (non-hydrogen) atoms. The first-order chi connectivity index (χ1) is 13.6. The largest absolute Gasteiger partial charge is 0.342 e. The second-order valence-corrected chi connectivity index (χ2v) is 7.73. The van der Waals surface area contributed by atoms with Crippen molar-refractivity contribution in [2.45, 2.75) is 45.1 Å².